The quantitative estimate of drug-likeness (QED) is 0.891. The average Bonchev–Trinajstić information content (AvgIpc) is 2.98. The van der Waals surface area contributed by atoms with E-state index in [1.165, 1.54) is 41.5 Å². The monoisotopic (exact) mass is 258 g/mol. The molecule has 1 N–H and O–H groups in total. The van der Waals surface area contributed by atoms with Crippen molar-refractivity contribution < 1.29 is 5.11 Å². The first-order chi connectivity index (χ1) is 8.81. The van der Waals surface area contributed by atoms with Crippen molar-refractivity contribution in [2.45, 2.75) is 38.2 Å². The Morgan fingerprint density at radius 3 is 2.72 bits per heavy atom. The van der Waals surface area contributed by atoms with Crippen molar-refractivity contribution in [1.82, 2.24) is 0 Å². The van der Waals surface area contributed by atoms with Crippen molar-refractivity contribution >= 4 is 11.3 Å². The molecule has 1 heterocycles. The molecule has 0 saturated heterocycles. The van der Waals surface area contributed by atoms with Crippen molar-refractivity contribution in [2.24, 2.45) is 0 Å². The summed E-state index contributed by atoms with van der Waals surface area (Å²) in [5.41, 5.74) is 5.52. The molecule has 1 aromatic carbocycles. The lowest BCUT2D eigenvalue weighted by atomic mass is 9.99. The molecule has 94 valence electrons. The normalized spacial score (nSPS) is 15.6. The molecule has 2 aromatic rings. The molecule has 1 unspecified atom stereocenters. The van der Waals surface area contributed by atoms with E-state index in [0.29, 0.717) is 0 Å². The minimum Gasteiger partial charge on any atom is -0.392 e. The van der Waals surface area contributed by atoms with Crippen molar-refractivity contribution in [2.75, 3.05) is 0 Å². The van der Waals surface area contributed by atoms with Gasteiger partial charge in [0, 0.05) is 0 Å². The third-order valence-corrected chi connectivity index (χ3v) is 4.42. The van der Waals surface area contributed by atoms with E-state index in [9.17, 15) is 5.11 Å². The van der Waals surface area contributed by atoms with Crippen molar-refractivity contribution in [3.8, 4) is 0 Å². The summed E-state index contributed by atoms with van der Waals surface area (Å²) in [5.74, 6) is 0. The van der Waals surface area contributed by atoms with Crippen LogP contribution in [0.25, 0.3) is 0 Å². The summed E-state index contributed by atoms with van der Waals surface area (Å²) < 4.78 is 0. The van der Waals surface area contributed by atoms with Gasteiger partial charge in [-0.15, -0.1) is 0 Å². The van der Waals surface area contributed by atoms with E-state index in [1.54, 1.807) is 11.3 Å². The minimum atomic E-state index is -0.265. The van der Waals surface area contributed by atoms with Gasteiger partial charge >= 0.3 is 0 Å². The predicted octanol–water partition coefficient (Wildman–Crippen LogP) is 3.38. The van der Waals surface area contributed by atoms with Crippen LogP contribution in [-0.4, -0.2) is 11.2 Å². The molecule has 1 aromatic heterocycles. The van der Waals surface area contributed by atoms with E-state index in [0.717, 1.165) is 12.8 Å². The lowest BCUT2D eigenvalue weighted by Crippen LogP contribution is -2.13. The third kappa shape index (κ3) is 2.65. The Balaban J connectivity index is 1.65. The second kappa shape index (κ2) is 5.25. The van der Waals surface area contributed by atoms with Gasteiger partial charge in [0.2, 0.25) is 0 Å². The molecule has 3 rings (SSSR count). The van der Waals surface area contributed by atoms with Gasteiger partial charge < -0.3 is 5.11 Å². The summed E-state index contributed by atoms with van der Waals surface area (Å²) in [7, 11) is 0. The molecule has 18 heavy (non-hydrogen) atoms. The first-order valence-electron chi connectivity index (χ1n) is 6.61. The van der Waals surface area contributed by atoms with Gasteiger partial charge in [-0.2, -0.15) is 11.3 Å². The standard InChI is InChI=1S/C16H18OS/c17-16(10-13-6-7-18-11-13)9-12-4-5-14-2-1-3-15(14)8-12/h4-8,11,16-17H,1-3,9-10H2. The van der Waals surface area contributed by atoms with Crippen molar-refractivity contribution in [3.63, 3.8) is 0 Å². The predicted molar refractivity (Wildman–Crippen MR) is 76.2 cm³/mol. The lowest BCUT2D eigenvalue weighted by molar-refractivity contribution is 0.175. The van der Waals surface area contributed by atoms with Gasteiger partial charge in [0.25, 0.3) is 0 Å². The van der Waals surface area contributed by atoms with Crippen LogP contribution in [0.3, 0.4) is 0 Å². The highest BCUT2D eigenvalue weighted by molar-refractivity contribution is 7.07. The van der Waals surface area contributed by atoms with Crippen LogP contribution in [0.2, 0.25) is 0 Å². The Morgan fingerprint density at radius 2 is 1.89 bits per heavy atom. The Kier molecular flexibility index (Phi) is 3.48. The average molecular weight is 258 g/mol. The molecule has 0 bridgehead atoms. The molecule has 0 aliphatic heterocycles. The number of benzene rings is 1. The lowest BCUT2D eigenvalue weighted by Gasteiger charge is -2.11. The molecule has 1 aliphatic carbocycles. The van der Waals surface area contributed by atoms with Crippen LogP contribution >= 0.6 is 11.3 Å². The third-order valence-electron chi connectivity index (χ3n) is 3.69. The zero-order valence-corrected chi connectivity index (χ0v) is 11.2. The fourth-order valence-corrected chi connectivity index (χ4v) is 3.46. The fraction of sp³-hybridized carbons (Fsp3) is 0.375. The highest BCUT2D eigenvalue weighted by Crippen LogP contribution is 2.23. The van der Waals surface area contributed by atoms with Gasteiger partial charge in [-0.1, -0.05) is 18.2 Å². The summed E-state index contributed by atoms with van der Waals surface area (Å²) in [6.45, 7) is 0. The molecule has 0 fully saturated rings. The van der Waals surface area contributed by atoms with Crippen LogP contribution in [0.1, 0.15) is 28.7 Å². The number of aliphatic hydroxyl groups excluding tert-OH is 1. The largest absolute Gasteiger partial charge is 0.392 e. The number of fused-ring (bicyclic) bond motifs is 1. The molecule has 1 nitrogen and oxygen atoms in total. The second-order valence-corrected chi connectivity index (χ2v) is 5.93. The molecular formula is C16H18OS. The van der Waals surface area contributed by atoms with Crippen LogP contribution in [0.15, 0.2) is 35.0 Å². The number of rotatable bonds is 4. The zero-order valence-electron chi connectivity index (χ0n) is 10.4. The SMILES string of the molecule is OC(Cc1ccsc1)Cc1ccc2c(c1)CCC2. The molecule has 1 atom stereocenters. The van der Waals surface area contributed by atoms with Crippen LogP contribution in [0.5, 0.6) is 0 Å². The van der Waals surface area contributed by atoms with E-state index < -0.39 is 0 Å². The minimum absolute atomic E-state index is 0.265. The summed E-state index contributed by atoms with van der Waals surface area (Å²) in [4.78, 5) is 0. The number of aliphatic hydroxyl groups is 1. The molecule has 0 amide bonds. The van der Waals surface area contributed by atoms with Gasteiger partial charge in [-0.05, 0) is 71.2 Å². The topological polar surface area (TPSA) is 20.2 Å². The molecule has 0 radical (unpaired) electrons. The Hall–Kier alpha value is -1.12. The zero-order chi connectivity index (χ0) is 12.4. The fourth-order valence-electron chi connectivity index (χ4n) is 2.78. The number of hydrogen-bond acceptors (Lipinski definition) is 2. The van der Waals surface area contributed by atoms with Gasteiger partial charge in [0.1, 0.15) is 0 Å². The molecule has 2 heteroatoms. The summed E-state index contributed by atoms with van der Waals surface area (Å²) in [6.07, 6.45) is 5.00. The van der Waals surface area contributed by atoms with Crippen LogP contribution in [0, 0.1) is 0 Å². The van der Waals surface area contributed by atoms with Crippen LogP contribution < -0.4 is 0 Å². The van der Waals surface area contributed by atoms with Gasteiger partial charge in [0.05, 0.1) is 6.10 Å². The smallest absolute Gasteiger partial charge is 0.0621 e. The second-order valence-electron chi connectivity index (χ2n) is 5.15. The highest BCUT2D eigenvalue weighted by atomic mass is 32.1. The van der Waals surface area contributed by atoms with E-state index in [4.69, 9.17) is 0 Å². The van der Waals surface area contributed by atoms with Crippen LogP contribution in [-0.2, 0) is 25.7 Å². The Bertz CT molecular complexity index is 516. The maximum Gasteiger partial charge on any atom is 0.0621 e. The first kappa shape index (κ1) is 11.9. The van der Waals surface area contributed by atoms with Crippen LogP contribution in [0.4, 0.5) is 0 Å². The Morgan fingerprint density at radius 1 is 1.06 bits per heavy atom. The van der Waals surface area contributed by atoms with Gasteiger partial charge in [-0.3, -0.25) is 0 Å². The number of hydrogen-bond donors (Lipinski definition) is 1. The van der Waals surface area contributed by atoms with Crippen molar-refractivity contribution in [1.29, 1.82) is 0 Å². The van der Waals surface area contributed by atoms with E-state index in [1.807, 2.05) is 0 Å². The highest BCUT2D eigenvalue weighted by Gasteiger charge is 2.13. The van der Waals surface area contributed by atoms with E-state index >= 15 is 0 Å². The number of aryl methyl sites for hydroxylation is 2. The summed E-state index contributed by atoms with van der Waals surface area (Å²) in [5, 5.41) is 14.3. The van der Waals surface area contributed by atoms with E-state index in [2.05, 4.69) is 35.0 Å². The number of thiophene rings is 1. The van der Waals surface area contributed by atoms with E-state index in [-0.39, 0.29) is 6.10 Å². The Labute approximate surface area is 112 Å². The van der Waals surface area contributed by atoms with Crippen molar-refractivity contribution in [3.05, 3.63) is 57.3 Å². The molecule has 1 aliphatic rings. The summed E-state index contributed by atoms with van der Waals surface area (Å²) in [6, 6.07) is 8.81. The molecule has 0 saturated carbocycles. The molecule has 0 spiro atoms. The maximum atomic E-state index is 10.1. The van der Waals surface area contributed by atoms with Gasteiger partial charge in [0.15, 0.2) is 0 Å². The molecular weight excluding hydrogens is 240 g/mol. The maximum absolute atomic E-state index is 10.1. The first-order valence-corrected chi connectivity index (χ1v) is 7.55. The van der Waals surface area contributed by atoms with Gasteiger partial charge in [-0.25, -0.2) is 0 Å². The summed E-state index contributed by atoms with van der Waals surface area (Å²) >= 11 is 1.69.